The van der Waals surface area contributed by atoms with Gasteiger partial charge in [0.25, 0.3) is 5.56 Å². The first-order valence-corrected chi connectivity index (χ1v) is 7.24. The lowest BCUT2D eigenvalue weighted by Gasteiger charge is -2.28. The molecule has 1 aliphatic heterocycles. The molecule has 1 aromatic heterocycles. The van der Waals surface area contributed by atoms with Crippen LogP contribution in [-0.4, -0.2) is 36.2 Å². The monoisotopic (exact) mass is 262 g/mol. The highest BCUT2D eigenvalue weighted by molar-refractivity contribution is 5.34. The second kappa shape index (κ2) is 5.33. The highest BCUT2D eigenvalue weighted by Gasteiger charge is 2.26. The van der Waals surface area contributed by atoms with E-state index in [1.165, 1.54) is 12.8 Å². The first-order valence-electron chi connectivity index (χ1n) is 7.24. The standard InChI is InChI=1S/C14H22N4O/c1-17(10-11-3-2-6-15-9-11)13-14(19)18(8-7-16-13)12-4-5-12/h7-8,11-12,15H,2-6,9-10H2,1H3. The second-order valence-electron chi connectivity index (χ2n) is 5.79. The molecule has 1 aliphatic carbocycles. The molecule has 1 aromatic rings. The summed E-state index contributed by atoms with van der Waals surface area (Å²) in [6.45, 7) is 3.08. The average Bonchev–Trinajstić information content (AvgIpc) is 3.24. The number of anilines is 1. The Hall–Kier alpha value is -1.36. The van der Waals surface area contributed by atoms with Crippen molar-refractivity contribution in [3.8, 4) is 0 Å². The molecule has 0 radical (unpaired) electrons. The summed E-state index contributed by atoms with van der Waals surface area (Å²) in [4.78, 5) is 18.7. The molecule has 5 heteroatoms. The molecule has 3 rings (SSSR count). The number of nitrogens with zero attached hydrogens (tertiary/aromatic N) is 3. The molecule has 0 amide bonds. The minimum atomic E-state index is 0.0660. The van der Waals surface area contributed by atoms with Gasteiger partial charge in [-0.1, -0.05) is 0 Å². The number of aromatic nitrogens is 2. The van der Waals surface area contributed by atoms with Crippen molar-refractivity contribution in [2.24, 2.45) is 5.92 Å². The van der Waals surface area contributed by atoms with Crippen molar-refractivity contribution in [1.29, 1.82) is 0 Å². The van der Waals surface area contributed by atoms with Crippen molar-refractivity contribution in [2.75, 3.05) is 31.6 Å². The number of hydrogen-bond acceptors (Lipinski definition) is 4. The maximum Gasteiger partial charge on any atom is 0.293 e. The third-order valence-electron chi connectivity index (χ3n) is 4.08. The normalized spacial score (nSPS) is 23.3. The molecule has 0 bridgehead atoms. The van der Waals surface area contributed by atoms with Crippen LogP contribution in [0.1, 0.15) is 31.7 Å². The van der Waals surface area contributed by atoms with E-state index in [9.17, 15) is 4.79 Å². The van der Waals surface area contributed by atoms with Crippen molar-refractivity contribution in [1.82, 2.24) is 14.9 Å². The summed E-state index contributed by atoms with van der Waals surface area (Å²) in [5, 5.41) is 3.42. The fourth-order valence-electron chi connectivity index (χ4n) is 2.87. The average molecular weight is 262 g/mol. The number of nitrogens with one attached hydrogen (secondary N) is 1. The maximum absolute atomic E-state index is 12.4. The van der Waals surface area contributed by atoms with Gasteiger partial charge in [-0.2, -0.15) is 0 Å². The van der Waals surface area contributed by atoms with E-state index in [4.69, 9.17) is 0 Å². The van der Waals surface area contributed by atoms with E-state index in [1.54, 1.807) is 6.20 Å². The molecular formula is C14H22N4O. The van der Waals surface area contributed by atoms with E-state index < -0.39 is 0 Å². The molecule has 19 heavy (non-hydrogen) atoms. The van der Waals surface area contributed by atoms with Crippen molar-refractivity contribution in [3.05, 3.63) is 22.7 Å². The third kappa shape index (κ3) is 2.81. The van der Waals surface area contributed by atoms with Gasteiger partial charge >= 0.3 is 0 Å². The fraction of sp³-hybridized carbons (Fsp3) is 0.714. The van der Waals surface area contributed by atoms with Crippen LogP contribution in [0.5, 0.6) is 0 Å². The van der Waals surface area contributed by atoms with E-state index in [0.29, 0.717) is 17.8 Å². The number of rotatable bonds is 4. The van der Waals surface area contributed by atoms with Crippen molar-refractivity contribution in [3.63, 3.8) is 0 Å². The molecule has 1 saturated heterocycles. The van der Waals surface area contributed by atoms with Gasteiger partial charge in [0.05, 0.1) is 0 Å². The summed E-state index contributed by atoms with van der Waals surface area (Å²) in [6.07, 6.45) is 8.29. The number of hydrogen-bond donors (Lipinski definition) is 1. The minimum Gasteiger partial charge on any atom is -0.355 e. The van der Waals surface area contributed by atoms with Gasteiger partial charge in [-0.3, -0.25) is 4.79 Å². The summed E-state index contributed by atoms with van der Waals surface area (Å²) in [5.41, 5.74) is 0.0660. The third-order valence-corrected chi connectivity index (χ3v) is 4.08. The van der Waals surface area contributed by atoms with Crippen LogP contribution in [0.15, 0.2) is 17.2 Å². The van der Waals surface area contributed by atoms with E-state index in [1.807, 2.05) is 22.7 Å². The quantitative estimate of drug-likeness (QED) is 0.880. The molecule has 2 heterocycles. The zero-order valence-corrected chi connectivity index (χ0v) is 11.5. The molecule has 1 unspecified atom stereocenters. The molecule has 5 nitrogen and oxygen atoms in total. The SMILES string of the molecule is CN(CC1CCCNC1)c1nccn(C2CC2)c1=O. The summed E-state index contributed by atoms with van der Waals surface area (Å²) in [7, 11) is 1.98. The van der Waals surface area contributed by atoms with Gasteiger partial charge in [-0.25, -0.2) is 4.98 Å². The van der Waals surface area contributed by atoms with Gasteiger partial charge in [0, 0.05) is 32.0 Å². The Morgan fingerprint density at radius 1 is 1.47 bits per heavy atom. The predicted molar refractivity (Wildman–Crippen MR) is 75.6 cm³/mol. The lowest BCUT2D eigenvalue weighted by molar-refractivity contribution is 0.380. The zero-order chi connectivity index (χ0) is 13.2. The molecule has 1 saturated carbocycles. The van der Waals surface area contributed by atoms with Crippen LogP contribution in [0.2, 0.25) is 0 Å². The Bertz CT molecular complexity index is 488. The van der Waals surface area contributed by atoms with Crippen molar-refractivity contribution in [2.45, 2.75) is 31.7 Å². The zero-order valence-electron chi connectivity index (χ0n) is 11.5. The van der Waals surface area contributed by atoms with Gasteiger partial charge in [-0.15, -0.1) is 0 Å². The molecule has 1 N–H and O–H groups in total. The van der Waals surface area contributed by atoms with Crippen LogP contribution in [-0.2, 0) is 0 Å². The highest BCUT2D eigenvalue weighted by atomic mass is 16.1. The molecule has 104 valence electrons. The predicted octanol–water partition coefficient (Wildman–Crippen LogP) is 1.01. The Labute approximate surface area is 113 Å². The van der Waals surface area contributed by atoms with Gasteiger partial charge < -0.3 is 14.8 Å². The Balaban J connectivity index is 1.73. The van der Waals surface area contributed by atoms with Gasteiger partial charge in [0.15, 0.2) is 5.82 Å². The summed E-state index contributed by atoms with van der Waals surface area (Å²) < 4.78 is 1.85. The lowest BCUT2D eigenvalue weighted by atomic mass is 9.99. The fourth-order valence-corrected chi connectivity index (χ4v) is 2.87. The topological polar surface area (TPSA) is 50.2 Å². The van der Waals surface area contributed by atoms with Crippen LogP contribution in [0, 0.1) is 5.92 Å². The Morgan fingerprint density at radius 3 is 3.00 bits per heavy atom. The van der Waals surface area contributed by atoms with Gasteiger partial charge in [0.1, 0.15) is 0 Å². The molecule has 0 spiro atoms. The Kier molecular flexibility index (Phi) is 3.55. The Morgan fingerprint density at radius 2 is 2.32 bits per heavy atom. The molecule has 0 aromatic carbocycles. The summed E-state index contributed by atoms with van der Waals surface area (Å²) >= 11 is 0. The first-order chi connectivity index (χ1) is 9.25. The molecule has 1 atom stereocenters. The smallest absolute Gasteiger partial charge is 0.293 e. The van der Waals surface area contributed by atoms with Crippen molar-refractivity contribution >= 4 is 5.82 Å². The molecule has 2 fully saturated rings. The number of piperidine rings is 1. The largest absolute Gasteiger partial charge is 0.355 e. The van der Waals surface area contributed by atoms with Gasteiger partial charge in [0.2, 0.25) is 0 Å². The highest BCUT2D eigenvalue weighted by Crippen LogP contribution is 2.33. The van der Waals surface area contributed by atoms with Crippen LogP contribution in [0.3, 0.4) is 0 Å². The second-order valence-corrected chi connectivity index (χ2v) is 5.79. The molecular weight excluding hydrogens is 240 g/mol. The molecule has 2 aliphatic rings. The van der Waals surface area contributed by atoms with E-state index >= 15 is 0 Å². The van der Waals surface area contributed by atoms with Gasteiger partial charge in [-0.05, 0) is 44.7 Å². The van der Waals surface area contributed by atoms with Crippen LogP contribution < -0.4 is 15.8 Å². The van der Waals surface area contributed by atoms with Crippen LogP contribution >= 0.6 is 0 Å². The van der Waals surface area contributed by atoms with Crippen molar-refractivity contribution < 1.29 is 0 Å². The van der Waals surface area contributed by atoms with E-state index in [-0.39, 0.29) is 5.56 Å². The summed E-state index contributed by atoms with van der Waals surface area (Å²) in [5.74, 6) is 1.22. The minimum absolute atomic E-state index is 0.0660. The first kappa shape index (κ1) is 12.7. The maximum atomic E-state index is 12.4. The lowest BCUT2D eigenvalue weighted by Crippen LogP contribution is -2.39. The van der Waals surface area contributed by atoms with Crippen LogP contribution in [0.25, 0.3) is 0 Å². The van der Waals surface area contributed by atoms with Crippen LogP contribution in [0.4, 0.5) is 5.82 Å². The van der Waals surface area contributed by atoms with E-state index in [2.05, 4.69) is 10.3 Å². The summed E-state index contributed by atoms with van der Waals surface area (Å²) in [6, 6.07) is 0.416. The van der Waals surface area contributed by atoms with E-state index in [0.717, 1.165) is 32.5 Å².